The van der Waals surface area contributed by atoms with E-state index >= 15 is 0 Å². The van der Waals surface area contributed by atoms with Crippen LogP contribution in [0.3, 0.4) is 0 Å². The summed E-state index contributed by atoms with van der Waals surface area (Å²) >= 11 is 4.40. The molecule has 0 radical (unpaired) electrons. The van der Waals surface area contributed by atoms with E-state index in [9.17, 15) is 23.1 Å². The zero-order valence-electron chi connectivity index (χ0n) is 14.4. The molecule has 0 atom stereocenters. The molecule has 1 aliphatic heterocycles. The minimum atomic E-state index is -3.76. The third kappa shape index (κ3) is 4.69. The molecule has 3 rings (SSSR count). The van der Waals surface area contributed by atoms with Crippen molar-refractivity contribution in [2.45, 2.75) is 17.7 Å². The van der Waals surface area contributed by atoms with Crippen molar-refractivity contribution in [3.8, 4) is 5.75 Å². The third-order valence-corrected chi connectivity index (χ3v) is 7.24. The number of hydrogen-bond acceptors (Lipinski definition) is 8. The zero-order chi connectivity index (χ0) is 20.3. The van der Waals surface area contributed by atoms with Gasteiger partial charge in [-0.05, 0) is 47.0 Å². The van der Waals surface area contributed by atoms with Gasteiger partial charge in [-0.3, -0.25) is 10.1 Å². The number of sulfonamides is 1. The minimum absolute atomic E-state index is 0.115. The average molecular weight is 490 g/mol. The number of hydrogen-bond donors (Lipinski definition) is 2. The molecule has 1 aliphatic rings. The lowest BCUT2D eigenvalue weighted by Gasteiger charge is -2.16. The van der Waals surface area contributed by atoms with Gasteiger partial charge in [-0.25, -0.2) is 18.2 Å². The summed E-state index contributed by atoms with van der Waals surface area (Å²) in [5, 5.41) is 12.7. The van der Waals surface area contributed by atoms with Gasteiger partial charge < -0.3 is 9.84 Å². The van der Waals surface area contributed by atoms with Crippen LogP contribution in [0.1, 0.15) is 23.2 Å². The Morgan fingerprint density at radius 1 is 1.32 bits per heavy atom. The highest BCUT2D eigenvalue weighted by molar-refractivity contribution is 9.11. The lowest BCUT2D eigenvalue weighted by Crippen LogP contribution is -2.28. The third-order valence-electron chi connectivity index (χ3n) is 3.95. The number of thiazole rings is 1. The molecule has 1 fully saturated rings. The largest absolute Gasteiger partial charge is 0.507 e. The van der Waals surface area contributed by atoms with E-state index in [2.05, 4.69) is 26.2 Å². The molecule has 9 nitrogen and oxygen atoms in total. The summed E-state index contributed by atoms with van der Waals surface area (Å²) in [7, 11) is -3.76. The maximum atomic E-state index is 12.6. The molecule has 1 amide bonds. The molecule has 0 unspecified atom stereocenters. The van der Waals surface area contributed by atoms with Crippen molar-refractivity contribution in [2.24, 2.45) is 0 Å². The van der Waals surface area contributed by atoms with E-state index in [1.165, 1.54) is 27.9 Å². The first-order chi connectivity index (χ1) is 13.3. The van der Waals surface area contributed by atoms with Crippen LogP contribution in [0.2, 0.25) is 0 Å². The second-order valence-corrected chi connectivity index (χ2v) is 10.2. The van der Waals surface area contributed by atoms with Gasteiger partial charge in [0.2, 0.25) is 10.0 Å². The molecule has 150 valence electrons. The van der Waals surface area contributed by atoms with Gasteiger partial charge in [0.15, 0.2) is 11.7 Å². The second kappa shape index (κ2) is 8.55. The summed E-state index contributed by atoms with van der Waals surface area (Å²) < 4.78 is 32.2. The van der Waals surface area contributed by atoms with E-state index in [0.29, 0.717) is 18.2 Å². The molecule has 1 aromatic heterocycles. The highest BCUT2D eigenvalue weighted by atomic mass is 79.9. The van der Waals surface area contributed by atoms with Gasteiger partial charge in [0.1, 0.15) is 11.3 Å². The fourth-order valence-corrected chi connectivity index (χ4v) is 5.26. The Kier molecular flexibility index (Phi) is 6.33. The smallest absolute Gasteiger partial charge is 0.342 e. The van der Waals surface area contributed by atoms with Crippen LogP contribution in [0.15, 0.2) is 33.1 Å². The van der Waals surface area contributed by atoms with Crippen LogP contribution in [0.4, 0.5) is 5.13 Å². The molecule has 28 heavy (non-hydrogen) atoms. The number of aromatic nitrogens is 1. The summed E-state index contributed by atoms with van der Waals surface area (Å²) in [6.07, 6.45) is 3.06. The number of halogens is 1. The maximum Gasteiger partial charge on any atom is 0.342 e. The molecule has 12 heteroatoms. The Bertz CT molecular complexity index is 1000. The summed E-state index contributed by atoms with van der Waals surface area (Å²) in [5.74, 6) is -2.06. The van der Waals surface area contributed by atoms with Crippen LogP contribution in [0, 0.1) is 0 Å². The average Bonchev–Trinajstić information content (AvgIpc) is 3.32. The molecular formula is C16H16BrN3O6S2. The predicted octanol–water partition coefficient (Wildman–Crippen LogP) is 2.19. The fraction of sp³-hybridized carbons (Fsp3) is 0.312. The van der Waals surface area contributed by atoms with Crippen LogP contribution < -0.4 is 5.32 Å². The number of carbonyl (C=O) groups is 2. The van der Waals surface area contributed by atoms with E-state index < -0.39 is 34.3 Å². The van der Waals surface area contributed by atoms with Crippen molar-refractivity contribution >= 4 is 54.3 Å². The number of phenolic OH excluding ortho intramolecular Hbond substituents is 1. The summed E-state index contributed by atoms with van der Waals surface area (Å²) in [5.41, 5.74) is -0.329. The lowest BCUT2D eigenvalue weighted by atomic mass is 10.2. The Balaban J connectivity index is 1.68. The number of phenols is 1. The zero-order valence-corrected chi connectivity index (χ0v) is 17.6. The normalized spacial score (nSPS) is 14.8. The molecule has 1 aromatic carbocycles. The second-order valence-electron chi connectivity index (χ2n) is 5.88. The number of ether oxygens (including phenoxy) is 1. The van der Waals surface area contributed by atoms with Crippen molar-refractivity contribution < 1.29 is 27.9 Å². The first kappa shape index (κ1) is 20.7. The van der Waals surface area contributed by atoms with Gasteiger partial charge in [0.05, 0.1) is 14.9 Å². The van der Waals surface area contributed by atoms with Gasteiger partial charge in [0, 0.05) is 13.1 Å². The number of carbonyl (C=O) groups excluding carboxylic acids is 2. The van der Waals surface area contributed by atoms with E-state index in [1.807, 2.05) is 0 Å². The molecule has 2 N–H and O–H groups in total. The number of nitrogens with zero attached hydrogens (tertiary/aromatic N) is 2. The first-order valence-electron chi connectivity index (χ1n) is 8.19. The van der Waals surface area contributed by atoms with Gasteiger partial charge in [-0.1, -0.05) is 11.3 Å². The van der Waals surface area contributed by atoms with Crippen LogP contribution in [-0.2, 0) is 19.6 Å². The van der Waals surface area contributed by atoms with Crippen LogP contribution >= 0.6 is 27.3 Å². The monoisotopic (exact) mass is 489 g/mol. The quantitative estimate of drug-likeness (QED) is 0.595. The van der Waals surface area contributed by atoms with E-state index in [-0.39, 0.29) is 10.5 Å². The summed E-state index contributed by atoms with van der Waals surface area (Å²) in [6.45, 7) is 0.213. The van der Waals surface area contributed by atoms with Crippen molar-refractivity contribution in [1.29, 1.82) is 0 Å². The number of anilines is 1. The number of esters is 1. The van der Waals surface area contributed by atoms with Gasteiger partial charge in [0.25, 0.3) is 5.91 Å². The van der Waals surface area contributed by atoms with Crippen molar-refractivity contribution in [3.63, 3.8) is 0 Å². The molecule has 1 saturated heterocycles. The number of benzene rings is 1. The molecule has 0 saturated carbocycles. The SMILES string of the molecule is O=C(COC(=O)c1cc(S(=O)(=O)N2CCCC2)ccc1O)Nc1ncc(Br)s1. The summed E-state index contributed by atoms with van der Waals surface area (Å²) in [6, 6.07) is 3.40. The Morgan fingerprint density at radius 3 is 2.68 bits per heavy atom. The molecular weight excluding hydrogens is 474 g/mol. The Morgan fingerprint density at radius 2 is 2.04 bits per heavy atom. The standard InChI is InChI=1S/C16H16BrN3O6S2/c17-13-8-18-16(27-13)19-14(22)9-26-15(23)11-7-10(3-4-12(11)21)28(24,25)20-5-1-2-6-20/h3-4,7-8,21H,1-2,5-6,9H2,(H,18,19,22). The van der Waals surface area contributed by atoms with Gasteiger partial charge in [-0.15, -0.1) is 0 Å². The lowest BCUT2D eigenvalue weighted by molar-refractivity contribution is -0.119. The van der Waals surface area contributed by atoms with Crippen molar-refractivity contribution in [3.05, 3.63) is 33.7 Å². The van der Waals surface area contributed by atoms with Crippen LogP contribution in [0.5, 0.6) is 5.75 Å². The van der Waals surface area contributed by atoms with Crippen LogP contribution in [-0.4, -0.2) is 54.4 Å². The van der Waals surface area contributed by atoms with Crippen LogP contribution in [0.25, 0.3) is 0 Å². The fourth-order valence-electron chi connectivity index (χ4n) is 2.59. The highest BCUT2D eigenvalue weighted by Gasteiger charge is 2.28. The van der Waals surface area contributed by atoms with Crippen molar-refractivity contribution in [1.82, 2.24) is 9.29 Å². The number of rotatable bonds is 6. The van der Waals surface area contributed by atoms with E-state index in [4.69, 9.17) is 4.74 Å². The highest BCUT2D eigenvalue weighted by Crippen LogP contribution is 2.26. The number of nitrogens with one attached hydrogen (secondary N) is 1. The molecule has 2 aromatic rings. The topological polar surface area (TPSA) is 126 Å². The summed E-state index contributed by atoms with van der Waals surface area (Å²) in [4.78, 5) is 27.9. The Labute approximate surface area is 173 Å². The molecule has 0 spiro atoms. The number of aromatic hydroxyl groups is 1. The minimum Gasteiger partial charge on any atom is -0.507 e. The van der Waals surface area contributed by atoms with Crippen molar-refractivity contribution in [2.75, 3.05) is 25.0 Å². The van der Waals surface area contributed by atoms with E-state index in [0.717, 1.165) is 28.8 Å². The molecule has 0 bridgehead atoms. The predicted molar refractivity (Wildman–Crippen MR) is 105 cm³/mol. The Hall–Kier alpha value is -2.02. The van der Waals surface area contributed by atoms with Gasteiger partial charge >= 0.3 is 5.97 Å². The van der Waals surface area contributed by atoms with Gasteiger partial charge in [-0.2, -0.15) is 4.31 Å². The maximum absolute atomic E-state index is 12.6. The molecule has 2 heterocycles. The van der Waals surface area contributed by atoms with E-state index in [1.54, 1.807) is 0 Å². The first-order valence-corrected chi connectivity index (χ1v) is 11.2. The molecule has 0 aliphatic carbocycles. The number of amides is 1.